The van der Waals surface area contributed by atoms with Crippen molar-refractivity contribution in [3.63, 3.8) is 0 Å². The fourth-order valence-corrected chi connectivity index (χ4v) is 1.34. The van der Waals surface area contributed by atoms with Crippen molar-refractivity contribution in [2.45, 2.75) is 25.8 Å². The van der Waals surface area contributed by atoms with Crippen molar-refractivity contribution >= 4 is 24.0 Å². The molecule has 20 heavy (non-hydrogen) atoms. The molecule has 114 valence electrons. The van der Waals surface area contributed by atoms with Crippen molar-refractivity contribution in [2.75, 3.05) is 11.9 Å². The first kappa shape index (κ1) is 18.7. The Balaban J connectivity index is 0.00000361. The van der Waals surface area contributed by atoms with Crippen LogP contribution in [0.2, 0.25) is 0 Å². The maximum atomic E-state index is 12.8. The van der Waals surface area contributed by atoms with Crippen molar-refractivity contribution in [3.8, 4) is 0 Å². The fraction of sp³-hybridized carbons (Fsp3) is 0.417. The number of halogens is 5. The lowest BCUT2D eigenvalue weighted by Gasteiger charge is -2.15. The molecule has 0 saturated carbocycles. The number of carbonyl (C=O) groups is 1. The lowest BCUT2D eigenvalue weighted by molar-refractivity contribution is -0.163. The minimum absolute atomic E-state index is 0. The molecule has 1 aromatic rings. The Morgan fingerprint density at radius 3 is 2.55 bits per heavy atom. The molecule has 1 aromatic carbocycles. The molecule has 0 bridgehead atoms. The number of amides is 1. The largest absolute Gasteiger partial charge is 0.383 e. The van der Waals surface area contributed by atoms with Crippen molar-refractivity contribution in [3.05, 3.63) is 29.8 Å². The van der Waals surface area contributed by atoms with E-state index in [0.717, 1.165) is 12.1 Å². The molecule has 3 nitrogen and oxygen atoms in total. The molecule has 2 N–H and O–H groups in total. The SMILES string of the molecule is CCNCc1cccc(NC(=O)C(F)(F)C(F)F)c1.Cl. The average Bonchev–Trinajstić information content (AvgIpc) is 2.36. The van der Waals surface area contributed by atoms with E-state index >= 15 is 0 Å². The number of benzene rings is 1. The summed E-state index contributed by atoms with van der Waals surface area (Å²) in [5, 5.41) is 4.80. The van der Waals surface area contributed by atoms with E-state index in [0.29, 0.717) is 6.54 Å². The van der Waals surface area contributed by atoms with Gasteiger partial charge in [0.05, 0.1) is 0 Å². The minimum Gasteiger partial charge on any atom is -0.321 e. The molecule has 1 rings (SSSR count). The topological polar surface area (TPSA) is 41.1 Å². The third-order valence-corrected chi connectivity index (χ3v) is 2.34. The Morgan fingerprint density at radius 1 is 1.35 bits per heavy atom. The van der Waals surface area contributed by atoms with Gasteiger partial charge in [0.2, 0.25) is 0 Å². The van der Waals surface area contributed by atoms with Crippen molar-refractivity contribution in [1.82, 2.24) is 5.32 Å². The minimum atomic E-state index is -4.70. The summed E-state index contributed by atoms with van der Waals surface area (Å²) in [6.07, 6.45) is -4.03. The number of hydrogen-bond acceptors (Lipinski definition) is 2. The predicted octanol–water partition coefficient (Wildman–Crippen LogP) is 3.06. The molecular weight excluding hydrogens is 300 g/mol. The first-order chi connectivity index (χ1) is 8.87. The zero-order valence-corrected chi connectivity index (χ0v) is 11.4. The molecule has 8 heteroatoms. The van der Waals surface area contributed by atoms with E-state index in [1.807, 2.05) is 6.92 Å². The van der Waals surface area contributed by atoms with Crippen LogP contribution in [0, 0.1) is 0 Å². The molecule has 0 fully saturated rings. The molecule has 0 radical (unpaired) electrons. The van der Waals surface area contributed by atoms with E-state index < -0.39 is 18.3 Å². The van der Waals surface area contributed by atoms with Gasteiger partial charge in [-0.25, -0.2) is 8.78 Å². The summed E-state index contributed by atoms with van der Waals surface area (Å²) in [7, 11) is 0. The maximum absolute atomic E-state index is 12.8. The zero-order valence-electron chi connectivity index (χ0n) is 10.6. The van der Waals surface area contributed by atoms with E-state index in [-0.39, 0.29) is 18.1 Å². The second-order valence-corrected chi connectivity index (χ2v) is 3.86. The van der Waals surface area contributed by atoms with E-state index in [9.17, 15) is 22.4 Å². The van der Waals surface area contributed by atoms with Gasteiger partial charge in [-0.2, -0.15) is 8.78 Å². The molecule has 0 spiro atoms. The molecule has 0 aliphatic carbocycles. The lowest BCUT2D eigenvalue weighted by Crippen LogP contribution is -2.41. The first-order valence-electron chi connectivity index (χ1n) is 5.65. The third-order valence-electron chi connectivity index (χ3n) is 2.34. The number of anilines is 1. The molecule has 0 saturated heterocycles. The number of carbonyl (C=O) groups excluding carboxylic acids is 1. The summed E-state index contributed by atoms with van der Waals surface area (Å²) in [5.41, 5.74) is 0.806. The highest BCUT2D eigenvalue weighted by Crippen LogP contribution is 2.24. The summed E-state index contributed by atoms with van der Waals surface area (Å²) in [6, 6.07) is 6.07. The number of hydrogen-bond donors (Lipinski definition) is 2. The maximum Gasteiger partial charge on any atom is 0.383 e. The lowest BCUT2D eigenvalue weighted by atomic mass is 10.2. The summed E-state index contributed by atoms with van der Waals surface area (Å²) in [4.78, 5) is 11.0. The van der Waals surface area contributed by atoms with Crippen molar-refractivity contribution in [2.24, 2.45) is 0 Å². The highest BCUT2D eigenvalue weighted by molar-refractivity contribution is 5.96. The Kier molecular flexibility index (Phi) is 7.52. The summed E-state index contributed by atoms with van der Waals surface area (Å²) < 4.78 is 49.5. The number of alkyl halides is 4. The summed E-state index contributed by atoms with van der Waals surface area (Å²) in [5.74, 6) is -6.71. The van der Waals surface area contributed by atoms with Gasteiger partial charge in [-0.3, -0.25) is 4.79 Å². The van der Waals surface area contributed by atoms with Crippen LogP contribution < -0.4 is 10.6 Å². The summed E-state index contributed by atoms with van der Waals surface area (Å²) in [6.45, 7) is 3.11. The van der Waals surface area contributed by atoms with Crippen LogP contribution in [-0.4, -0.2) is 24.8 Å². The van der Waals surface area contributed by atoms with Gasteiger partial charge in [0.15, 0.2) is 0 Å². The monoisotopic (exact) mass is 314 g/mol. The van der Waals surface area contributed by atoms with Gasteiger partial charge < -0.3 is 10.6 Å². The molecule has 0 heterocycles. The van der Waals surface area contributed by atoms with Crippen LogP contribution in [0.4, 0.5) is 23.2 Å². The molecule has 0 aromatic heterocycles. The Bertz CT molecular complexity index is 443. The van der Waals surface area contributed by atoms with E-state index in [2.05, 4.69) is 5.32 Å². The van der Waals surface area contributed by atoms with Crippen LogP contribution in [0.5, 0.6) is 0 Å². The molecular formula is C12H15ClF4N2O. The standard InChI is InChI=1S/C12H14F4N2O.ClH/c1-2-17-7-8-4-3-5-9(6-8)18-11(19)12(15,16)10(13)14;/h3-6,10,17H,2,7H2,1H3,(H,18,19);1H. The normalized spacial score (nSPS) is 11.1. The van der Waals surface area contributed by atoms with Gasteiger partial charge in [-0.1, -0.05) is 19.1 Å². The number of rotatable bonds is 6. The van der Waals surface area contributed by atoms with Gasteiger partial charge in [0.1, 0.15) is 0 Å². The van der Waals surface area contributed by atoms with Crippen LogP contribution in [0.1, 0.15) is 12.5 Å². The van der Waals surface area contributed by atoms with E-state index in [1.165, 1.54) is 12.1 Å². The average molecular weight is 315 g/mol. The Hall–Kier alpha value is -1.34. The molecule has 0 aliphatic rings. The van der Waals surface area contributed by atoms with Crippen LogP contribution in [0.15, 0.2) is 24.3 Å². The van der Waals surface area contributed by atoms with Gasteiger partial charge in [0.25, 0.3) is 0 Å². The Labute approximate surface area is 120 Å². The number of nitrogens with one attached hydrogen (secondary N) is 2. The van der Waals surface area contributed by atoms with Gasteiger partial charge in [-0.05, 0) is 24.2 Å². The highest BCUT2D eigenvalue weighted by Gasteiger charge is 2.48. The fourth-order valence-electron chi connectivity index (χ4n) is 1.34. The van der Waals surface area contributed by atoms with Crippen LogP contribution in [0.25, 0.3) is 0 Å². The van der Waals surface area contributed by atoms with Gasteiger partial charge in [0, 0.05) is 12.2 Å². The van der Waals surface area contributed by atoms with Crippen molar-refractivity contribution < 1.29 is 22.4 Å². The first-order valence-corrected chi connectivity index (χ1v) is 5.65. The predicted molar refractivity (Wildman–Crippen MR) is 70.7 cm³/mol. The van der Waals surface area contributed by atoms with Gasteiger partial charge in [-0.15, -0.1) is 12.4 Å². The molecule has 0 aliphatic heterocycles. The third kappa shape index (κ3) is 4.97. The Morgan fingerprint density at radius 2 is 2.00 bits per heavy atom. The molecule has 1 amide bonds. The second kappa shape index (κ2) is 8.06. The quantitative estimate of drug-likeness (QED) is 0.792. The smallest absolute Gasteiger partial charge is 0.321 e. The van der Waals surface area contributed by atoms with E-state index in [1.54, 1.807) is 17.4 Å². The van der Waals surface area contributed by atoms with Gasteiger partial charge >= 0.3 is 18.3 Å². The highest BCUT2D eigenvalue weighted by atomic mass is 35.5. The summed E-state index contributed by atoms with van der Waals surface area (Å²) >= 11 is 0. The molecule has 0 unspecified atom stereocenters. The van der Waals surface area contributed by atoms with Crippen LogP contribution in [0.3, 0.4) is 0 Å². The van der Waals surface area contributed by atoms with E-state index in [4.69, 9.17) is 0 Å². The molecule has 0 atom stereocenters. The second-order valence-electron chi connectivity index (χ2n) is 3.86. The van der Waals surface area contributed by atoms with Crippen LogP contribution in [-0.2, 0) is 11.3 Å². The van der Waals surface area contributed by atoms with Crippen molar-refractivity contribution in [1.29, 1.82) is 0 Å². The zero-order chi connectivity index (χ0) is 14.5. The van der Waals surface area contributed by atoms with Crippen LogP contribution >= 0.6 is 12.4 Å².